The van der Waals surface area contributed by atoms with Gasteiger partial charge in [-0.1, -0.05) is 54.6 Å². The number of anilines is 2. The van der Waals surface area contributed by atoms with Gasteiger partial charge in [0.05, 0.1) is 0 Å². The molecule has 0 radical (unpaired) electrons. The number of carbonyl (C=O) groups excluding carboxylic acids is 2. The van der Waals surface area contributed by atoms with Crippen molar-refractivity contribution in [3.8, 4) is 5.75 Å². The summed E-state index contributed by atoms with van der Waals surface area (Å²) in [5.74, 6) is 0.351. The number of benzene rings is 3. The third-order valence-corrected chi connectivity index (χ3v) is 4.66. The Bertz CT molecular complexity index is 1000. The molecule has 2 N–H and O–H groups in total. The normalized spacial score (nSPS) is 11.4. The first-order valence-electron chi connectivity index (χ1n) is 9.98. The van der Waals surface area contributed by atoms with Gasteiger partial charge in [0.2, 0.25) is 5.91 Å². The van der Waals surface area contributed by atoms with Crippen molar-refractivity contribution >= 4 is 23.2 Å². The quantitative estimate of drug-likeness (QED) is 0.559. The monoisotopic (exact) mass is 402 g/mol. The Kier molecular flexibility index (Phi) is 7.22. The standard InChI is InChI=1S/C25H26N2O3/c1-18-9-6-7-14-23(18)30-19(2)25(29)27-22-13-8-12-21(17-22)26-24(28)16-15-20-10-4-3-5-11-20/h3-14,17,19H,15-16H2,1-2H3,(H,26,28)(H,27,29). The maximum atomic E-state index is 12.5. The van der Waals surface area contributed by atoms with E-state index in [9.17, 15) is 9.59 Å². The van der Waals surface area contributed by atoms with E-state index in [2.05, 4.69) is 10.6 Å². The Balaban J connectivity index is 1.53. The molecule has 0 saturated heterocycles. The van der Waals surface area contributed by atoms with E-state index in [4.69, 9.17) is 4.74 Å². The van der Waals surface area contributed by atoms with Crippen molar-refractivity contribution < 1.29 is 14.3 Å². The van der Waals surface area contributed by atoms with Crippen LogP contribution < -0.4 is 15.4 Å². The minimum absolute atomic E-state index is 0.0708. The molecule has 2 amide bonds. The van der Waals surface area contributed by atoms with Crippen LogP contribution in [-0.4, -0.2) is 17.9 Å². The van der Waals surface area contributed by atoms with Gasteiger partial charge in [0.25, 0.3) is 5.91 Å². The Morgan fingerprint density at radius 2 is 1.53 bits per heavy atom. The number of aryl methyl sites for hydroxylation is 2. The van der Waals surface area contributed by atoms with E-state index in [0.717, 1.165) is 11.1 Å². The van der Waals surface area contributed by atoms with Gasteiger partial charge in [-0.2, -0.15) is 0 Å². The summed E-state index contributed by atoms with van der Waals surface area (Å²) in [6.07, 6.45) is 0.411. The molecule has 154 valence electrons. The van der Waals surface area contributed by atoms with Crippen LogP contribution in [-0.2, 0) is 16.0 Å². The van der Waals surface area contributed by atoms with Gasteiger partial charge < -0.3 is 15.4 Å². The Morgan fingerprint density at radius 1 is 0.867 bits per heavy atom. The van der Waals surface area contributed by atoms with Crippen LogP contribution in [0.3, 0.4) is 0 Å². The lowest BCUT2D eigenvalue weighted by atomic mass is 10.1. The molecule has 5 heteroatoms. The molecule has 0 fully saturated rings. The molecule has 0 aliphatic carbocycles. The molecule has 5 nitrogen and oxygen atoms in total. The lowest BCUT2D eigenvalue weighted by molar-refractivity contribution is -0.122. The molecule has 3 rings (SSSR count). The zero-order chi connectivity index (χ0) is 21.3. The Labute approximate surface area is 177 Å². The predicted molar refractivity (Wildman–Crippen MR) is 120 cm³/mol. The molecule has 0 saturated carbocycles. The molecule has 0 heterocycles. The average molecular weight is 402 g/mol. The Morgan fingerprint density at radius 3 is 2.27 bits per heavy atom. The molecule has 0 aromatic heterocycles. The molecule has 0 aliphatic heterocycles. The highest BCUT2D eigenvalue weighted by atomic mass is 16.5. The van der Waals surface area contributed by atoms with Crippen molar-refractivity contribution in [3.05, 3.63) is 90.0 Å². The lowest BCUT2D eigenvalue weighted by Crippen LogP contribution is -2.30. The van der Waals surface area contributed by atoms with Crippen LogP contribution in [0.1, 0.15) is 24.5 Å². The molecule has 1 atom stereocenters. The van der Waals surface area contributed by atoms with Crippen LogP contribution in [0.15, 0.2) is 78.9 Å². The SMILES string of the molecule is Cc1ccccc1OC(C)C(=O)Nc1cccc(NC(=O)CCc2ccccc2)c1. The minimum Gasteiger partial charge on any atom is -0.481 e. The second-order valence-electron chi connectivity index (χ2n) is 7.13. The summed E-state index contributed by atoms with van der Waals surface area (Å²) in [6, 6.07) is 24.5. The fourth-order valence-corrected chi connectivity index (χ4v) is 2.98. The molecule has 1 unspecified atom stereocenters. The van der Waals surface area contributed by atoms with Gasteiger partial charge in [0.1, 0.15) is 5.75 Å². The second kappa shape index (κ2) is 10.3. The fourth-order valence-electron chi connectivity index (χ4n) is 2.98. The van der Waals surface area contributed by atoms with Crippen molar-refractivity contribution in [3.63, 3.8) is 0 Å². The zero-order valence-corrected chi connectivity index (χ0v) is 17.2. The summed E-state index contributed by atoms with van der Waals surface area (Å²) in [4.78, 5) is 24.7. The van der Waals surface area contributed by atoms with Crippen LogP contribution in [0.5, 0.6) is 5.75 Å². The zero-order valence-electron chi connectivity index (χ0n) is 17.2. The smallest absolute Gasteiger partial charge is 0.265 e. The second-order valence-corrected chi connectivity index (χ2v) is 7.13. The molecule has 3 aromatic carbocycles. The van der Waals surface area contributed by atoms with E-state index >= 15 is 0 Å². The fraction of sp³-hybridized carbons (Fsp3) is 0.200. The third kappa shape index (κ3) is 6.21. The summed E-state index contributed by atoms with van der Waals surface area (Å²) in [7, 11) is 0. The van der Waals surface area contributed by atoms with E-state index in [1.165, 1.54) is 0 Å². The molecular formula is C25H26N2O3. The van der Waals surface area contributed by atoms with Crippen LogP contribution in [0.25, 0.3) is 0 Å². The van der Waals surface area contributed by atoms with Gasteiger partial charge in [-0.15, -0.1) is 0 Å². The van der Waals surface area contributed by atoms with E-state index in [0.29, 0.717) is 30.0 Å². The molecule has 0 bridgehead atoms. The third-order valence-electron chi connectivity index (χ3n) is 4.66. The van der Waals surface area contributed by atoms with Gasteiger partial charge in [-0.25, -0.2) is 0 Å². The van der Waals surface area contributed by atoms with Crippen molar-refractivity contribution in [2.45, 2.75) is 32.8 Å². The number of ether oxygens (including phenoxy) is 1. The summed E-state index contributed by atoms with van der Waals surface area (Å²) >= 11 is 0. The summed E-state index contributed by atoms with van der Waals surface area (Å²) in [6.45, 7) is 3.64. The Hall–Kier alpha value is -3.60. The number of hydrogen-bond acceptors (Lipinski definition) is 3. The van der Waals surface area contributed by atoms with Gasteiger partial charge in [0.15, 0.2) is 6.10 Å². The number of rotatable bonds is 8. The molecular weight excluding hydrogens is 376 g/mol. The number of para-hydroxylation sites is 1. The highest BCUT2D eigenvalue weighted by Crippen LogP contribution is 2.19. The van der Waals surface area contributed by atoms with E-state index < -0.39 is 6.10 Å². The highest BCUT2D eigenvalue weighted by Gasteiger charge is 2.16. The summed E-state index contributed by atoms with van der Waals surface area (Å²) in [5, 5.41) is 5.72. The number of hydrogen-bond donors (Lipinski definition) is 2. The van der Waals surface area contributed by atoms with Crippen LogP contribution >= 0.6 is 0 Å². The molecule has 0 spiro atoms. The number of amides is 2. The maximum absolute atomic E-state index is 12.5. The van der Waals surface area contributed by atoms with Gasteiger partial charge >= 0.3 is 0 Å². The van der Waals surface area contributed by atoms with Gasteiger partial charge in [-0.3, -0.25) is 9.59 Å². The van der Waals surface area contributed by atoms with Crippen LogP contribution in [0, 0.1) is 6.92 Å². The summed E-state index contributed by atoms with van der Waals surface area (Å²) < 4.78 is 5.77. The first kappa shape index (κ1) is 21.1. The van der Waals surface area contributed by atoms with E-state index in [-0.39, 0.29) is 11.8 Å². The molecule has 0 aliphatic rings. The van der Waals surface area contributed by atoms with Crippen LogP contribution in [0.2, 0.25) is 0 Å². The van der Waals surface area contributed by atoms with Crippen molar-refractivity contribution in [1.29, 1.82) is 0 Å². The van der Waals surface area contributed by atoms with Gasteiger partial charge in [-0.05, 0) is 55.7 Å². The average Bonchev–Trinajstić information content (AvgIpc) is 2.75. The number of nitrogens with one attached hydrogen (secondary N) is 2. The van der Waals surface area contributed by atoms with E-state index in [1.54, 1.807) is 31.2 Å². The number of carbonyl (C=O) groups is 2. The van der Waals surface area contributed by atoms with E-state index in [1.807, 2.05) is 61.5 Å². The van der Waals surface area contributed by atoms with Crippen LogP contribution in [0.4, 0.5) is 11.4 Å². The predicted octanol–water partition coefficient (Wildman–Crippen LogP) is 4.97. The van der Waals surface area contributed by atoms with Crippen molar-refractivity contribution in [2.75, 3.05) is 10.6 Å². The van der Waals surface area contributed by atoms with Crippen molar-refractivity contribution in [2.24, 2.45) is 0 Å². The highest BCUT2D eigenvalue weighted by molar-refractivity contribution is 5.96. The summed E-state index contributed by atoms with van der Waals surface area (Å²) in [5.41, 5.74) is 3.33. The largest absolute Gasteiger partial charge is 0.481 e. The molecule has 3 aromatic rings. The maximum Gasteiger partial charge on any atom is 0.265 e. The van der Waals surface area contributed by atoms with Gasteiger partial charge in [0, 0.05) is 17.8 Å². The first-order valence-corrected chi connectivity index (χ1v) is 9.98. The lowest BCUT2D eigenvalue weighted by Gasteiger charge is -2.16. The van der Waals surface area contributed by atoms with Crippen molar-refractivity contribution in [1.82, 2.24) is 0 Å². The minimum atomic E-state index is -0.657. The molecule has 30 heavy (non-hydrogen) atoms. The topological polar surface area (TPSA) is 67.4 Å². The first-order chi connectivity index (χ1) is 14.5.